The van der Waals surface area contributed by atoms with Crippen LogP contribution in [0.5, 0.6) is 23.0 Å². The lowest BCUT2D eigenvalue weighted by molar-refractivity contribution is 0.464. The Morgan fingerprint density at radius 2 is 1.00 bits per heavy atom. The summed E-state index contributed by atoms with van der Waals surface area (Å²) in [6.07, 6.45) is 0. The van der Waals surface area contributed by atoms with Crippen molar-refractivity contribution in [3.8, 4) is 39.8 Å². The van der Waals surface area contributed by atoms with E-state index in [-0.39, 0.29) is 6.71 Å². The number of para-hydroxylation sites is 3. The lowest BCUT2D eigenvalue weighted by Crippen LogP contribution is -2.61. The molecule has 0 unspecified atom stereocenters. The zero-order valence-corrected chi connectivity index (χ0v) is 25.2. The predicted octanol–water partition coefficient (Wildman–Crippen LogP) is 8.96. The number of ether oxygens (including phenoxy) is 2. The van der Waals surface area contributed by atoms with Gasteiger partial charge in [-0.1, -0.05) is 72.8 Å². The Morgan fingerprint density at radius 1 is 0.404 bits per heavy atom. The van der Waals surface area contributed by atoms with Crippen molar-refractivity contribution in [3.63, 3.8) is 0 Å². The highest BCUT2D eigenvalue weighted by Gasteiger charge is 2.47. The molecule has 0 fully saturated rings. The van der Waals surface area contributed by atoms with Crippen molar-refractivity contribution in [2.75, 3.05) is 4.90 Å². The van der Waals surface area contributed by atoms with E-state index in [0.717, 1.165) is 62.3 Å². The van der Waals surface area contributed by atoms with Gasteiger partial charge in [-0.2, -0.15) is 0 Å². The summed E-state index contributed by atoms with van der Waals surface area (Å²) in [6.45, 7) is 0.0280. The van der Waals surface area contributed by atoms with Crippen LogP contribution in [0.3, 0.4) is 0 Å². The molecule has 5 heteroatoms. The van der Waals surface area contributed by atoms with Gasteiger partial charge in [0.1, 0.15) is 23.0 Å². The van der Waals surface area contributed by atoms with Crippen molar-refractivity contribution in [1.82, 2.24) is 4.57 Å². The van der Waals surface area contributed by atoms with Crippen molar-refractivity contribution < 1.29 is 9.47 Å². The number of hydrogen-bond acceptors (Lipinski definition) is 3. The maximum Gasteiger partial charge on any atom is 0.266 e. The summed E-state index contributed by atoms with van der Waals surface area (Å²) in [4.78, 5) is 2.34. The molecule has 0 bridgehead atoms. The molecule has 4 heterocycles. The second kappa shape index (κ2) is 9.18. The molecule has 0 atom stereocenters. The number of anilines is 3. The lowest BCUT2D eigenvalue weighted by Gasteiger charge is -2.42. The molecule has 218 valence electrons. The van der Waals surface area contributed by atoms with E-state index in [9.17, 15) is 0 Å². The minimum atomic E-state index is 0.0280. The summed E-state index contributed by atoms with van der Waals surface area (Å²) in [5, 5.41) is 2.45. The molecular formula is C42H25BN2O2. The number of aromatic nitrogens is 1. The SMILES string of the molecule is c1ccc(N2c3cccc4c3B3c5c(cc(-c6ccc7c(c6)c6ccccc6n7-c6ccccc6)cc5Oc5cccc2c53)O4)cc1. The first kappa shape index (κ1) is 25.0. The highest BCUT2D eigenvalue weighted by Crippen LogP contribution is 2.46. The van der Waals surface area contributed by atoms with Gasteiger partial charge in [-0.05, 0) is 101 Å². The summed E-state index contributed by atoms with van der Waals surface area (Å²) in [5.74, 6) is 3.50. The number of hydrogen-bond donors (Lipinski definition) is 0. The largest absolute Gasteiger partial charge is 0.458 e. The molecule has 47 heavy (non-hydrogen) atoms. The van der Waals surface area contributed by atoms with Crippen LogP contribution in [0.4, 0.5) is 17.1 Å². The smallest absolute Gasteiger partial charge is 0.266 e. The second-order valence-corrected chi connectivity index (χ2v) is 12.5. The van der Waals surface area contributed by atoms with Gasteiger partial charge in [0.2, 0.25) is 0 Å². The standard InChI is InChI=1S/C42H25BN2O2/c1-3-11-28(12-4-1)44-32-16-8-7-15-30(32)31-23-26(21-22-33(31)44)27-24-38-42-39(25-27)47-37-20-10-18-35-41(37)43(42)40-34(17-9-19-36(40)46-38)45(35)29-13-5-2-6-14-29/h1-25H. The number of rotatable bonds is 3. The normalized spacial score (nSPS) is 13.4. The monoisotopic (exact) mass is 600 g/mol. The van der Waals surface area contributed by atoms with Gasteiger partial charge in [-0.15, -0.1) is 0 Å². The van der Waals surface area contributed by atoms with Crippen LogP contribution in [0, 0.1) is 0 Å². The van der Waals surface area contributed by atoms with Crippen molar-refractivity contribution >= 4 is 62.0 Å². The molecule has 1 aromatic heterocycles. The maximum absolute atomic E-state index is 6.80. The minimum Gasteiger partial charge on any atom is -0.458 e. The van der Waals surface area contributed by atoms with Crippen molar-refractivity contribution in [3.05, 3.63) is 152 Å². The predicted molar refractivity (Wildman–Crippen MR) is 192 cm³/mol. The highest BCUT2D eigenvalue weighted by molar-refractivity contribution is 7.00. The topological polar surface area (TPSA) is 26.6 Å². The van der Waals surface area contributed by atoms with Crippen LogP contribution in [0.25, 0.3) is 38.6 Å². The number of benzene rings is 7. The van der Waals surface area contributed by atoms with E-state index in [1.807, 2.05) is 0 Å². The molecule has 7 aromatic carbocycles. The third-order valence-corrected chi connectivity index (χ3v) is 10.0. The van der Waals surface area contributed by atoms with Crippen LogP contribution in [-0.2, 0) is 0 Å². The summed E-state index contributed by atoms with van der Waals surface area (Å²) in [7, 11) is 0. The van der Waals surface area contributed by atoms with Crippen molar-refractivity contribution in [2.45, 2.75) is 0 Å². The molecule has 0 N–H and O–H groups in total. The van der Waals surface area contributed by atoms with Crippen LogP contribution in [-0.4, -0.2) is 11.3 Å². The van der Waals surface area contributed by atoms with E-state index in [1.165, 1.54) is 32.7 Å². The first-order chi connectivity index (χ1) is 23.3. The van der Waals surface area contributed by atoms with Crippen molar-refractivity contribution in [1.29, 1.82) is 0 Å². The summed E-state index contributed by atoms with van der Waals surface area (Å²) in [6, 6.07) is 53.8. The van der Waals surface area contributed by atoms with Gasteiger partial charge in [0.15, 0.2) is 0 Å². The Hall–Kier alpha value is -6.20. The van der Waals surface area contributed by atoms with E-state index < -0.39 is 0 Å². The van der Waals surface area contributed by atoms with Crippen LogP contribution in [0.1, 0.15) is 0 Å². The average Bonchev–Trinajstić information content (AvgIpc) is 3.46. The van der Waals surface area contributed by atoms with Gasteiger partial charge in [-0.3, -0.25) is 0 Å². The molecular weight excluding hydrogens is 575 g/mol. The molecule has 3 aliphatic heterocycles. The molecule has 0 saturated carbocycles. The Balaban J connectivity index is 1.11. The van der Waals surface area contributed by atoms with Gasteiger partial charge in [0.25, 0.3) is 6.71 Å². The number of nitrogens with zero attached hydrogens (tertiary/aromatic N) is 2. The zero-order valence-electron chi connectivity index (χ0n) is 25.2. The number of fused-ring (bicyclic) bond motifs is 3. The van der Waals surface area contributed by atoms with Gasteiger partial charge in [-0.25, -0.2) is 0 Å². The zero-order chi connectivity index (χ0) is 30.6. The van der Waals surface area contributed by atoms with E-state index in [2.05, 4.69) is 161 Å². The average molecular weight is 600 g/mol. The Bertz CT molecular complexity index is 2510. The molecule has 3 aliphatic rings. The quantitative estimate of drug-likeness (QED) is 0.190. The van der Waals surface area contributed by atoms with Crippen LogP contribution in [0.2, 0.25) is 0 Å². The highest BCUT2D eigenvalue weighted by atomic mass is 16.5. The molecule has 11 rings (SSSR count). The molecule has 0 aliphatic carbocycles. The van der Waals surface area contributed by atoms with Gasteiger partial charge >= 0.3 is 0 Å². The van der Waals surface area contributed by atoms with E-state index in [1.54, 1.807) is 0 Å². The summed E-state index contributed by atoms with van der Waals surface area (Å²) >= 11 is 0. The minimum absolute atomic E-state index is 0.0280. The molecule has 0 radical (unpaired) electrons. The molecule has 4 nitrogen and oxygen atoms in total. The second-order valence-electron chi connectivity index (χ2n) is 12.5. The third-order valence-electron chi connectivity index (χ3n) is 10.0. The van der Waals surface area contributed by atoms with Crippen LogP contribution in [0.15, 0.2) is 152 Å². The fourth-order valence-electron chi connectivity index (χ4n) is 8.10. The fourth-order valence-corrected chi connectivity index (χ4v) is 8.10. The van der Waals surface area contributed by atoms with Crippen molar-refractivity contribution in [2.24, 2.45) is 0 Å². The lowest BCUT2D eigenvalue weighted by atomic mass is 9.33. The van der Waals surface area contributed by atoms with E-state index >= 15 is 0 Å². The van der Waals surface area contributed by atoms with Crippen LogP contribution < -0.4 is 30.8 Å². The van der Waals surface area contributed by atoms with Crippen LogP contribution >= 0.6 is 0 Å². The molecule has 0 saturated heterocycles. The Labute approximate surface area is 271 Å². The first-order valence-corrected chi connectivity index (χ1v) is 16.1. The molecule has 8 aromatic rings. The fraction of sp³-hybridized carbons (Fsp3) is 0. The Kier molecular flexibility index (Phi) is 4.89. The van der Waals surface area contributed by atoms with E-state index in [0.29, 0.717) is 0 Å². The van der Waals surface area contributed by atoms with Gasteiger partial charge in [0.05, 0.1) is 11.0 Å². The first-order valence-electron chi connectivity index (χ1n) is 16.1. The summed E-state index contributed by atoms with van der Waals surface area (Å²) < 4.78 is 16.0. The maximum atomic E-state index is 6.80. The van der Waals surface area contributed by atoms with Gasteiger partial charge < -0.3 is 18.9 Å². The summed E-state index contributed by atoms with van der Waals surface area (Å²) in [5.41, 5.74) is 12.6. The van der Waals surface area contributed by atoms with Gasteiger partial charge in [0, 0.05) is 39.0 Å². The van der Waals surface area contributed by atoms with E-state index in [4.69, 9.17) is 9.47 Å². The molecule has 0 amide bonds. The molecule has 0 spiro atoms. The Morgan fingerprint density at radius 3 is 1.68 bits per heavy atom. The third kappa shape index (κ3) is 3.38.